The van der Waals surface area contributed by atoms with E-state index in [0.29, 0.717) is 22.0 Å². The standard InChI is InChI=1S/C22H23N3O2S/c1-14-7-8-15(2)19(11-14)25-21(27)17-5-3-4-6-18(17)24-22(25)28-13-20(26)23-12-16-9-10-16/h3-8,11,16H,9-10,12-13H2,1-2H3,(H,23,26). The summed E-state index contributed by atoms with van der Waals surface area (Å²) in [4.78, 5) is 30.2. The van der Waals surface area contributed by atoms with E-state index in [2.05, 4.69) is 5.32 Å². The number of para-hydroxylation sites is 1. The lowest BCUT2D eigenvalue weighted by atomic mass is 10.1. The molecule has 0 bridgehead atoms. The van der Waals surface area contributed by atoms with Gasteiger partial charge < -0.3 is 5.32 Å². The number of nitrogens with zero attached hydrogens (tertiary/aromatic N) is 2. The molecule has 1 aromatic heterocycles. The van der Waals surface area contributed by atoms with Gasteiger partial charge in [-0.3, -0.25) is 14.2 Å². The number of hydrogen-bond donors (Lipinski definition) is 1. The molecule has 2 aromatic carbocycles. The summed E-state index contributed by atoms with van der Waals surface area (Å²) in [6, 6.07) is 13.4. The van der Waals surface area contributed by atoms with Crippen LogP contribution in [0.3, 0.4) is 0 Å². The third-order valence-electron chi connectivity index (χ3n) is 4.97. The van der Waals surface area contributed by atoms with Gasteiger partial charge in [-0.05, 0) is 61.9 Å². The van der Waals surface area contributed by atoms with Crippen molar-refractivity contribution in [1.29, 1.82) is 0 Å². The Hall–Kier alpha value is -2.60. The molecule has 1 heterocycles. The van der Waals surface area contributed by atoms with E-state index < -0.39 is 0 Å². The van der Waals surface area contributed by atoms with Gasteiger partial charge >= 0.3 is 0 Å². The van der Waals surface area contributed by atoms with Crippen LogP contribution in [-0.4, -0.2) is 27.8 Å². The largest absolute Gasteiger partial charge is 0.355 e. The summed E-state index contributed by atoms with van der Waals surface area (Å²) in [5.41, 5.74) is 3.41. The number of aryl methyl sites for hydroxylation is 2. The third kappa shape index (κ3) is 3.97. The predicted molar refractivity (Wildman–Crippen MR) is 113 cm³/mol. The van der Waals surface area contributed by atoms with Gasteiger partial charge in [0.1, 0.15) is 0 Å². The van der Waals surface area contributed by atoms with Crippen LogP contribution in [0, 0.1) is 19.8 Å². The second-order valence-corrected chi connectivity index (χ2v) is 8.32. The fourth-order valence-electron chi connectivity index (χ4n) is 3.14. The zero-order valence-corrected chi connectivity index (χ0v) is 16.9. The van der Waals surface area contributed by atoms with Crippen molar-refractivity contribution >= 4 is 28.6 Å². The second-order valence-electron chi connectivity index (χ2n) is 7.38. The first-order valence-corrected chi connectivity index (χ1v) is 10.5. The third-order valence-corrected chi connectivity index (χ3v) is 5.91. The minimum atomic E-state index is -0.111. The lowest BCUT2D eigenvalue weighted by Gasteiger charge is -2.15. The van der Waals surface area contributed by atoms with Crippen molar-refractivity contribution < 1.29 is 4.79 Å². The van der Waals surface area contributed by atoms with Crippen molar-refractivity contribution in [1.82, 2.24) is 14.9 Å². The van der Waals surface area contributed by atoms with E-state index in [-0.39, 0.29) is 17.2 Å². The number of hydrogen-bond acceptors (Lipinski definition) is 4. The van der Waals surface area contributed by atoms with Crippen molar-refractivity contribution in [3.63, 3.8) is 0 Å². The van der Waals surface area contributed by atoms with Gasteiger partial charge in [0.15, 0.2) is 5.16 Å². The van der Waals surface area contributed by atoms with E-state index in [1.54, 1.807) is 10.6 Å². The average molecular weight is 394 g/mol. The minimum absolute atomic E-state index is 0.0215. The second kappa shape index (κ2) is 7.80. The van der Waals surface area contributed by atoms with Crippen LogP contribution in [0.15, 0.2) is 52.4 Å². The molecule has 0 unspecified atom stereocenters. The van der Waals surface area contributed by atoms with Crippen LogP contribution >= 0.6 is 11.8 Å². The normalized spacial score (nSPS) is 13.6. The number of benzene rings is 2. The minimum Gasteiger partial charge on any atom is -0.355 e. The molecule has 28 heavy (non-hydrogen) atoms. The van der Waals surface area contributed by atoms with Crippen LogP contribution in [0.5, 0.6) is 0 Å². The number of fused-ring (bicyclic) bond motifs is 1. The van der Waals surface area contributed by atoms with E-state index in [0.717, 1.165) is 23.4 Å². The Kier molecular flexibility index (Phi) is 5.22. The number of carbonyl (C=O) groups excluding carboxylic acids is 1. The molecule has 1 aliphatic carbocycles. The maximum absolute atomic E-state index is 13.3. The molecular formula is C22H23N3O2S. The number of rotatable bonds is 6. The SMILES string of the molecule is Cc1ccc(C)c(-n2c(SCC(=O)NCC3CC3)nc3ccccc3c2=O)c1. The fraction of sp³-hybridized carbons (Fsp3) is 0.318. The molecule has 4 rings (SSSR count). The molecule has 0 saturated heterocycles. The van der Waals surface area contributed by atoms with Crippen LogP contribution in [0.1, 0.15) is 24.0 Å². The van der Waals surface area contributed by atoms with Gasteiger partial charge in [-0.25, -0.2) is 4.98 Å². The summed E-state index contributed by atoms with van der Waals surface area (Å²) in [6.45, 7) is 4.72. The van der Waals surface area contributed by atoms with Gasteiger partial charge in [0.05, 0.1) is 22.3 Å². The highest BCUT2D eigenvalue weighted by atomic mass is 32.2. The zero-order valence-electron chi connectivity index (χ0n) is 16.1. The van der Waals surface area contributed by atoms with E-state index in [1.165, 1.54) is 24.6 Å². The highest BCUT2D eigenvalue weighted by Crippen LogP contribution is 2.28. The first-order valence-electron chi connectivity index (χ1n) is 9.52. The molecule has 1 N–H and O–H groups in total. The molecule has 1 amide bonds. The van der Waals surface area contributed by atoms with Gasteiger partial charge in [0.2, 0.25) is 5.91 Å². The van der Waals surface area contributed by atoms with Crippen LogP contribution < -0.4 is 10.9 Å². The molecule has 6 heteroatoms. The smallest absolute Gasteiger partial charge is 0.266 e. The Morgan fingerprint density at radius 3 is 2.79 bits per heavy atom. The van der Waals surface area contributed by atoms with Crippen LogP contribution in [0.25, 0.3) is 16.6 Å². The Morgan fingerprint density at radius 2 is 2.00 bits per heavy atom. The van der Waals surface area contributed by atoms with Crippen molar-refractivity contribution in [3.8, 4) is 5.69 Å². The van der Waals surface area contributed by atoms with E-state index in [4.69, 9.17) is 4.98 Å². The van der Waals surface area contributed by atoms with E-state index >= 15 is 0 Å². The van der Waals surface area contributed by atoms with Crippen molar-refractivity contribution in [2.45, 2.75) is 31.8 Å². The average Bonchev–Trinajstić information content (AvgIpc) is 3.51. The first-order chi connectivity index (χ1) is 13.5. The lowest BCUT2D eigenvalue weighted by Crippen LogP contribution is -2.28. The van der Waals surface area contributed by atoms with Crippen molar-refractivity contribution in [2.75, 3.05) is 12.3 Å². The van der Waals surface area contributed by atoms with E-state index in [1.807, 2.05) is 50.2 Å². The molecule has 1 fully saturated rings. The highest BCUT2D eigenvalue weighted by Gasteiger charge is 2.22. The Morgan fingerprint density at radius 1 is 1.21 bits per heavy atom. The van der Waals surface area contributed by atoms with Crippen LogP contribution in [0.4, 0.5) is 0 Å². The molecular weight excluding hydrogens is 370 g/mol. The summed E-state index contributed by atoms with van der Waals surface area (Å²) >= 11 is 1.31. The highest BCUT2D eigenvalue weighted by molar-refractivity contribution is 7.99. The molecule has 1 aliphatic rings. The number of thioether (sulfide) groups is 1. The molecule has 0 radical (unpaired) electrons. The van der Waals surface area contributed by atoms with E-state index in [9.17, 15) is 9.59 Å². The number of aromatic nitrogens is 2. The number of amides is 1. The first kappa shape index (κ1) is 18.7. The summed E-state index contributed by atoms with van der Waals surface area (Å²) in [5.74, 6) is 0.857. The lowest BCUT2D eigenvalue weighted by molar-refractivity contribution is -0.118. The van der Waals surface area contributed by atoms with Gasteiger partial charge in [0, 0.05) is 6.54 Å². The molecule has 3 aromatic rings. The van der Waals surface area contributed by atoms with Gasteiger partial charge in [-0.1, -0.05) is 36.0 Å². The molecule has 0 aliphatic heterocycles. The Labute approximate surface area is 168 Å². The quantitative estimate of drug-likeness (QED) is 0.513. The summed E-state index contributed by atoms with van der Waals surface area (Å²) < 4.78 is 1.64. The maximum Gasteiger partial charge on any atom is 0.266 e. The van der Waals surface area contributed by atoms with Gasteiger partial charge in [-0.15, -0.1) is 0 Å². The summed E-state index contributed by atoms with van der Waals surface area (Å²) in [6.07, 6.45) is 2.40. The monoisotopic (exact) mass is 393 g/mol. The topological polar surface area (TPSA) is 64.0 Å². The van der Waals surface area contributed by atoms with Crippen LogP contribution in [-0.2, 0) is 4.79 Å². The molecule has 0 spiro atoms. The Balaban J connectivity index is 1.74. The van der Waals surface area contributed by atoms with Crippen LogP contribution in [0.2, 0.25) is 0 Å². The molecule has 144 valence electrons. The van der Waals surface area contributed by atoms with Gasteiger partial charge in [-0.2, -0.15) is 0 Å². The van der Waals surface area contributed by atoms with Crippen molar-refractivity contribution in [3.05, 3.63) is 63.9 Å². The molecule has 5 nitrogen and oxygen atoms in total. The number of nitrogens with one attached hydrogen (secondary N) is 1. The molecule has 1 saturated carbocycles. The maximum atomic E-state index is 13.3. The zero-order chi connectivity index (χ0) is 19.7. The Bertz CT molecular complexity index is 1100. The van der Waals surface area contributed by atoms with Crippen molar-refractivity contribution in [2.24, 2.45) is 5.92 Å². The fourth-order valence-corrected chi connectivity index (χ4v) is 3.98. The van der Waals surface area contributed by atoms with Gasteiger partial charge in [0.25, 0.3) is 5.56 Å². The predicted octanol–water partition coefficient (Wildman–Crippen LogP) is 3.62. The molecule has 0 atom stereocenters. The summed E-state index contributed by atoms with van der Waals surface area (Å²) in [5, 5.41) is 4.09. The number of carbonyl (C=O) groups is 1. The summed E-state index contributed by atoms with van der Waals surface area (Å²) in [7, 11) is 0.